The predicted octanol–water partition coefficient (Wildman–Crippen LogP) is 4.70. The van der Waals surface area contributed by atoms with Gasteiger partial charge in [0.1, 0.15) is 5.75 Å². The molecule has 0 heterocycles. The molecular formula is C18H18O2S. The zero-order valence-electron chi connectivity index (χ0n) is 12.2. The first kappa shape index (κ1) is 15.4. The number of ether oxygens (including phenoxy) is 1. The van der Waals surface area contributed by atoms with Crippen molar-refractivity contribution < 1.29 is 9.53 Å². The van der Waals surface area contributed by atoms with Gasteiger partial charge in [-0.2, -0.15) is 0 Å². The number of benzene rings is 2. The molecule has 0 aliphatic heterocycles. The Morgan fingerprint density at radius 2 is 1.95 bits per heavy atom. The summed E-state index contributed by atoms with van der Waals surface area (Å²) in [6.07, 6.45) is 3.40. The van der Waals surface area contributed by atoms with Crippen LogP contribution in [0.2, 0.25) is 0 Å². The van der Waals surface area contributed by atoms with Gasteiger partial charge in [-0.25, -0.2) is 0 Å². The molecule has 0 aliphatic rings. The molecule has 21 heavy (non-hydrogen) atoms. The van der Waals surface area contributed by atoms with E-state index in [0.717, 1.165) is 17.1 Å². The first-order valence-electron chi connectivity index (χ1n) is 6.82. The molecule has 0 unspecified atom stereocenters. The van der Waals surface area contributed by atoms with Crippen LogP contribution in [0.3, 0.4) is 0 Å². The van der Waals surface area contributed by atoms with E-state index in [-0.39, 0.29) is 5.78 Å². The molecule has 0 N–H and O–H groups in total. The Balaban J connectivity index is 2.07. The van der Waals surface area contributed by atoms with Crippen LogP contribution in [0.5, 0.6) is 5.75 Å². The summed E-state index contributed by atoms with van der Waals surface area (Å²) < 4.78 is 5.16. The summed E-state index contributed by atoms with van der Waals surface area (Å²) in [5.74, 6) is 1.82. The fourth-order valence-electron chi connectivity index (χ4n) is 1.90. The number of thioether (sulfide) groups is 1. The molecule has 0 saturated carbocycles. The van der Waals surface area contributed by atoms with Crippen LogP contribution in [-0.4, -0.2) is 18.6 Å². The molecular weight excluding hydrogens is 280 g/mol. The van der Waals surface area contributed by atoms with Crippen molar-refractivity contribution in [1.29, 1.82) is 0 Å². The van der Waals surface area contributed by atoms with Gasteiger partial charge in [0.2, 0.25) is 0 Å². The van der Waals surface area contributed by atoms with Crippen molar-refractivity contribution in [2.45, 2.75) is 11.8 Å². The SMILES string of the molecule is CCSc1ccc(C(=O)C=Cc2cccc(OC)c2)cc1. The summed E-state index contributed by atoms with van der Waals surface area (Å²) in [5, 5.41) is 0. The zero-order chi connectivity index (χ0) is 15.1. The monoisotopic (exact) mass is 298 g/mol. The molecule has 0 fully saturated rings. The molecule has 0 radical (unpaired) electrons. The van der Waals surface area contributed by atoms with E-state index in [1.165, 1.54) is 4.90 Å². The number of methoxy groups -OCH3 is 1. The van der Waals surface area contributed by atoms with E-state index < -0.39 is 0 Å². The Kier molecular flexibility index (Phi) is 5.64. The molecule has 0 atom stereocenters. The van der Waals surface area contributed by atoms with Crippen LogP contribution in [-0.2, 0) is 0 Å². The number of carbonyl (C=O) groups excluding carboxylic acids is 1. The third kappa shape index (κ3) is 4.50. The maximum Gasteiger partial charge on any atom is 0.185 e. The maximum absolute atomic E-state index is 12.1. The summed E-state index contributed by atoms with van der Waals surface area (Å²) in [7, 11) is 1.63. The summed E-state index contributed by atoms with van der Waals surface area (Å²) in [6.45, 7) is 2.11. The summed E-state index contributed by atoms with van der Waals surface area (Å²) in [4.78, 5) is 13.3. The highest BCUT2D eigenvalue weighted by molar-refractivity contribution is 7.99. The highest BCUT2D eigenvalue weighted by atomic mass is 32.2. The van der Waals surface area contributed by atoms with Crippen LogP contribution in [0.15, 0.2) is 59.5 Å². The largest absolute Gasteiger partial charge is 0.497 e. The van der Waals surface area contributed by atoms with Gasteiger partial charge < -0.3 is 4.74 Å². The second kappa shape index (κ2) is 7.70. The molecule has 3 heteroatoms. The van der Waals surface area contributed by atoms with Gasteiger partial charge in [0.25, 0.3) is 0 Å². The number of hydrogen-bond donors (Lipinski definition) is 0. The Labute approximate surface area is 129 Å². The van der Waals surface area contributed by atoms with Gasteiger partial charge in [0.15, 0.2) is 5.78 Å². The molecule has 108 valence electrons. The van der Waals surface area contributed by atoms with Crippen LogP contribution in [0.4, 0.5) is 0 Å². The lowest BCUT2D eigenvalue weighted by Gasteiger charge is -2.01. The minimum absolute atomic E-state index is 0.00543. The number of hydrogen-bond acceptors (Lipinski definition) is 3. The van der Waals surface area contributed by atoms with Crippen LogP contribution in [0.25, 0.3) is 6.08 Å². The summed E-state index contributed by atoms with van der Waals surface area (Å²) >= 11 is 1.77. The smallest absolute Gasteiger partial charge is 0.185 e. The van der Waals surface area contributed by atoms with Crippen molar-refractivity contribution in [3.05, 3.63) is 65.7 Å². The molecule has 0 saturated heterocycles. The first-order valence-corrected chi connectivity index (χ1v) is 7.81. The third-order valence-corrected chi connectivity index (χ3v) is 3.86. The van der Waals surface area contributed by atoms with Gasteiger partial charge >= 0.3 is 0 Å². The number of ketones is 1. The van der Waals surface area contributed by atoms with E-state index in [0.29, 0.717) is 5.56 Å². The van der Waals surface area contributed by atoms with Crippen LogP contribution >= 0.6 is 11.8 Å². The lowest BCUT2D eigenvalue weighted by molar-refractivity contribution is 0.104. The standard InChI is InChI=1S/C18H18O2S/c1-3-21-17-10-8-15(9-11-17)18(19)12-7-14-5-4-6-16(13-14)20-2/h4-13H,3H2,1-2H3. The summed E-state index contributed by atoms with van der Waals surface area (Å²) in [5.41, 5.74) is 1.65. The predicted molar refractivity (Wildman–Crippen MR) is 89.2 cm³/mol. The Morgan fingerprint density at radius 3 is 2.62 bits per heavy atom. The molecule has 0 amide bonds. The molecule has 2 nitrogen and oxygen atoms in total. The van der Waals surface area contributed by atoms with Gasteiger partial charge in [0.05, 0.1) is 7.11 Å². The normalized spacial score (nSPS) is 10.8. The first-order chi connectivity index (χ1) is 10.2. The van der Waals surface area contributed by atoms with E-state index in [9.17, 15) is 4.79 Å². The Hall–Kier alpha value is -2.00. The number of allylic oxidation sites excluding steroid dienone is 1. The van der Waals surface area contributed by atoms with Crippen molar-refractivity contribution in [1.82, 2.24) is 0 Å². The molecule has 2 rings (SSSR count). The molecule has 2 aromatic carbocycles. The highest BCUT2D eigenvalue weighted by Crippen LogP contribution is 2.18. The average molecular weight is 298 g/mol. The van der Waals surface area contributed by atoms with Crippen LogP contribution in [0.1, 0.15) is 22.8 Å². The topological polar surface area (TPSA) is 26.3 Å². The van der Waals surface area contributed by atoms with Crippen molar-refractivity contribution >= 4 is 23.6 Å². The van der Waals surface area contributed by atoms with Crippen molar-refractivity contribution in [2.24, 2.45) is 0 Å². The third-order valence-electron chi connectivity index (χ3n) is 2.97. The van der Waals surface area contributed by atoms with Gasteiger partial charge in [0, 0.05) is 10.5 Å². The minimum Gasteiger partial charge on any atom is -0.497 e. The van der Waals surface area contributed by atoms with E-state index in [1.54, 1.807) is 31.0 Å². The van der Waals surface area contributed by atoms with E-state index in [1.807, 2.05) is 48.5 Å². The number of carbonyl (C=O) groups is 1. The minimum atomic E-state index is 0.00543. The van der Waals surface area contributed by atoms with Crippen LogP contribution in [0, 0.1) is 0 Å². The second-order valence-corrected chi connectivity index (χ2v) is 5.77. The lowest BCUT2D eigenvalue weighted by Crippen LogP contribution is -1.93. The fourth-order valence-corrected chi connectivity index (χ4v) is 2.56. The molecule has 0 bridgehead atoms. The molecule has 0 aliphatic carbocycles. The zero-order valence-corrected chi connectivity index (χ0v) is 13.0. The highest BCUT2D eigenvalue weighted by Gasteiger charge is 2.02. The number of rotatable bonds is 6. The van der Waals surface area contributed by atoms with Crippen molar-refractivity contribution in [3.8, 4) is 5.75 Å². The maximum atomic E-state index is 12.1. The van der Waals surface area contributed by atoms with Gasteiger partial charge in [-0.1, -0.05) is 25.1 Å². The van der Waals surface area contributed by atoms with Gasteiger partial charge in [-0.15, -0.1) is 11.8 Å². The molecule has 0 spiro atoms. The van der Waals surface area contributed by atoms with E-state index in [2.05, 4.69) is 6.92 Å². The molecule has 0 aromatic heterocycles. The van der Waals surface area contributed by atoms with E-state index in [4.69, 9.17) is 4.74 Å². The quantitative estimate of drug-likeness (QED) is 0.439. The second-order valence-electron chi connectivity index (χ2n) is 4.43. The van der Waals surface area contributed by atoms with Crippen LogP contribution < -0.4 is 4.74 Å². The average Bonchev–Trinajstić information content (AvgIpc) is 2.54. The van der Waals surface area contributed by atoms with Crippen molar-refractivity contribution in [3.63, 3.8) is 0 Å². The Morgan fingerprint density at radius 1 is 1.19 bits per heavy atom. The van der Waals surface area contributed by atoms with E-state index >= 15 is 0 Å². The lowest BCUT2D eigenvalue weighted by atomic mass is 10.1. The fraction of sp³-hybridized carbons (Fsp3) is 0.167. The van der Waals surface area contributed by atoms with Gasteiger partial charge in [-0.05, 0) is 53.8 Å². The summed E-state index contributed by atoms with van der Waals surface area (Å²) in [6, 6.07) is 15.3. The van der Waals surface area contributed by atoms with Gasteiger partial charge in [-0.3, -0.25) is 4.79 Å². The molecule has 2 aromatic rings. The van der Waals surface area contributed by atoms with Crippen molar-refractivity contribution in [2.75, 3.05) is 12.9 Å². The Bertz CT molecular complexity index is 630.